The summed E-state index contributed by atoms with van der Waals surface area (Å²) in [5.74, 6) is 1.20. The van der Waals surface area contributed by atoms with E-state index in [0.29, 0.717) is 11.6 Å². The predicted molar refractivity (Wildman–Crippen MR) is 106 cm³/mol. The minimum absolute atomic E-state index is 0.0403. The number of carbonyl (C=O) groups is 1. The van der Waals surface area contributed by atoms with Crippen molar-refractivity contribution in [2.45, 2.75) is 39.5 Å². The van der Waals surface area contributed by atoms with Crippen molar-refractivity contribution in [2.75, 3.05) is 13.1 Å². The maximum Gasteiger partial charge on any atom is 0.274 e. The number of amides is 1. The molecule has 0 radical (unpaired) electrons. The molecule has 0 saturated carbocycles. The van der Waals surface area contributed by atoms with Crippen molar-refractivity contribution in [1.82, 2.24) is 30.0 Å². The lowest BCUT2D eigenvalue weighted by Gasteiger charge is -2.20. The Hall–Kier alpha value is -3.16. The van der Waals surface area contributed by atoms with Crippen LogP contribution in [0.2, 0.25) is 0 Å². The largest absolute Gasteiger partial charge is 0.361 e. The molecule has 0 N–H and O–H groups in total. The smallest absolute Gasteiger partial charge is 0.274 e. The van der Waals surface area contributed by atoms with Gasteiger partial charge in [-0.15, -0.1) is 0 Å². The second-order valence-corrected chi connectivity index (χ2v) is 7.48. The molecule has 8 nitrogen and oxygen atoms in total. The molecule has 3 aromatic rings. The number of hydrogen-bond donors (Lipinski definition) is 0. The van der Waals surface area contributed by atoms with E-state index in [-0.39, 0.29) is 5.91 Å². The first-order valence-corrected chi connectivity index (χ1v) is 9.91. The number of aryl methyl sites for hydroxylation is 2. The van der Waals surface area contributed by atoms with E-state index in [1.165, 1.54) is 6.20 Å². The van der Waals surface area contributed by atoms with Gasteiger partial charge in [-0.1, -0.05) is 5.16 Å². The van der Waals surface area contributed by atoms with Crippen LogP contribution in [0.5, 0.6) is 0 Å². The zero-order valence-electron chi connectivity index (χ0n) is 16.7. The van der Waals surface area contributed by atoms with Crippen molar-refractivity contribution in [3.63, 3.8) is 0 Å². The van der Waals surface area contributed by atoms with Gasteiger partial charge in [0.15, 0.2) is 0 Å². The van der Waals surface area contributed by atoms with E-state index < -0.39 is 0 Å². The number of carbonyl (C=O) groups excluding carboxylic acids is 1. The van der Waals surface area contributed by atoms with Crippen LogP contribution in [0, 0.1) is 19.8 Å². The van der Waals surface area contributed by atoms with Crippen molar-refractivity contribution in [3.05, 3.63) is 53.8 Å². The van der Waals surface area contributed by atoms with Gasteiger partial charge >= 0.3 is 0 Å². The zero-order valence-corrected chi connectivity index (χ0v) is 16.7. The van der Waals surface area contributed by atoms with Gasteiger partial charge in [0.1, 0.15) is 17.8 Å². The topological polar surface area (TPSA) is 97.9 Å². The van der Waals surface area contributed by atoms with Crippen LogP contribution in [0.15, 0.2) is 35.5 Å². The summed E-state index contributed by atoms with van der Waals surface area (Å²) in [6.45, 7) is 5.29. The summed E-state index contributed by atoms with van der Waals surface area (Å²) >= 11 is 0. The fourth-order valence-corrected chi connectivity index (χ4v) is 3.93. The van der Waals surface area contributed by atoms with Crippen molar-refractivity contribution < 1.29 is 9.32 Å². The van der Waals surface area contributed by atoms with E-state index in [9.17, 15) is 4.79 Å². The molecular weight excluding hydrogens is 368 g/mol. The van der Waals surface area contributed by atoms with Crippen LogP contribution < -0.4 is 0 Å². The molecule has 3 aromatic heterocycles. The maximum absolute atomic E-state index is 12.6. The Morgan fingerprint density at radius 1 is 1.17 bits per heavy atom. The fraction of sp³-hybridized carbons (Fsp3) is 0.429. The molecule has 0 aromatic carbocycles. The summed E-state index contributed by atoms with van der Waals surface area (Å²) in [5.41, 5.74) is 4.04. The van der Waals surface area contributed by atoms with Gasteiger partial charge in [-0.25, -0.2) is 15.0 Å². The summed E-state index contributed by atoms with van der Waals surface area (Å²) in [6.07, 6.45) is 10.1. The van der Waals surface area contributed by atoms with Crippen LogP contribution in [0.1, 0.15) is 46.9 Å². The Kier molecular flexibility index (Phi) is 5.59. The molecule has 1 aliphatic heterocycles. The van der Waals surface area contributed by atoms with Gasteiger partial charge in [-0.3, -0.25) is 9.78 Å². The second-order valence-electron chi connectivity index (χ2n) is 7.48. The van der Waals surface area contributed by atoms with Gasteiger partial charge in [-0.05, 0) is 51.5 Å². The molecule has 0 aliphatic carbocycles. The summed E-state index contributed by atoms with van der Waals surface area (Å²) in [4.78, 5) is 31.6. The molecular formula is C21H24N6O2. The molecule has 0 unspecified atom stereocenters. The van der Waals surface area contributed by atoms with Crippen LogP contribution in [0.4, 0.5) is 0 Å². The van der Waals surface area contributed by atoms with E-state index in [2.05, 4.69) is 25.1 Å². The van der Waals surface area contributed by atoms with E-state index in [1.807, 2.05) is 24.8 Å². The van der Waals surface area contributed by atoms with Crippen LogP contribution in [0.3, 0.4) is 0 Å². The Labute approximate surface area is 169 Å². The fourth-order valence-electron chi connectivity index (χ4n) is 3.93. The Balaban J connectivity index is 1.42. The third-order valence-corrected chi connectivity index (χ3v) is 5.43. The molecule has 1 fully saturated rings. The average molecular weight is 392 g/mol. The number of likely N-dealkylation sites (tertiary alicyclic amines) is 1. The molecule has 1 aliphatic rings. The minimum Gasteiger partial charge on any atom is -0.361 e. The molecule has 1 amide bonds. The Bertz CT molecular complexity index is 968. The summed E-state index contributed by atoms with van der Waals surface area (Å²) in [7, 11) is 0. The zero-order chi connectivity index (χ0) is 20.2. The van der Waals surface area contributed by atoms with Gasteiger partial charge in [0.25, 0.3) is 5.91 Å². The monoisotopic (exact) mass is 392 g/mol. The van der Waals surface area contributed by atoms with Crippen molar-refractivity contribution >= 4 is 5.91 Å². The van der Waals surface area contributed by atoms with E-state index >= 15 is 0 Å². The van der Waals surface area contributed by atoms with Crippen molar-refractivity contribution in [3.8, 4) is 11.3 Å². The third kappa shape index (κ3) is 4.31. The van der Waals surface area contributed by atoms with Gasteiger partial charge in [-0.2, -0.15) is 0 Å². The third-order valence-electron chi connectivity index (χ3n) is 5.43. The molecule has 4 rings (SSSR count). The predicted octanol–water partition coefficient (Wildman–Crippen LogP) is 3.02. The van der Waals surface area contributed by atoms with Gasteiger partial charge in [0, 0.05) is 31.2 Å². The lowest BCUT2D eigenvalue weighted by atomic mass is 9.94. The van der Waals surface area contributed by atoms with Crippen LogP contribution >= 0.6 is 0 Å². The summed E-state index contributed by atoms with van der Waals surface area (Å²) in [6, 6.07) is 2.03. The molecule has 0 bridgehead atoms. The van der Waals surface area contributed by atoms with Crippen LogP contribution in [-0.4, -0.2) is 49.0 Å². The lowest BCUT2D eigenvalue weighted by Crippen LogP contribution is -2.32. The van der Waals surface area contributed by atoms with Gasteiger partial charge in [0.05, 0.1) is 23.1 Å². The first kappa shape index (κ1) is 19.2. The van der Waals surface area contributed by atoms with Gasteiger partial charge in [0.2, 0.25) is 0 Å². The van der Waals surface area contributed by atoms with Crippen molar-refractivity contribution in [1.29, 1.82) is 0 Å². The number of aromatic nitrogens is 5. The highest BCUT2D eigenvalue weighted by molar-refractivity contribution is 5.91. The molecule has 150 valence electrons. The summed E-state index contributed by atoms with van der Waals surface area (Å²) in [5, 5.41) is 4.02. The summed E-state index contributed by atoms with van der Waals surface area (Å²) < 4.78 is 5.27. The van der Waals surface area contributed by atoms with Crippen molar-refractivity contribution in [2.24, 2.45) is 5.92 Å². The molecule has 29 heavy (non-hydrogen) atoms. The van der Waals surface area contributed by atoms with Crippen LogP contribution in [-0.2, 0) is 6.42 Å². The molecule has 8 heteroatoms. The quantitative estimate of drug-likeness (QED) is 0.673. The highest BCUT2D eigenvalue weighted by Crippen LogP contribution is 2.27. The maximum atomic E-state index is 12.6. The number of nitrogens with zero attached hydrogens (tertiary/aromatic N) is 6. The standard InChI is InChI=1S/C21H24N6O2/c1-14-20(15(2)29-26-14)18-11-17(24-13-25-18)10-16-4-3-8-27(9-5-16)21(28)19-12-22-6-7-23-19/h6-7,11-13,16H,3-5,8-10H2,1-2H3/t16-/m1/s1. The van der Waals surface area contributed by atoms with E-state index in [4.69, 9.17) is 4.52 Å². The Morgan fingerprint density at radius 2 is 2.07 bits per heavy atom. The first-order chi connectivity index (χ1) is 14.1. The van der Waals surface area contributed by atoms with Gasteiger partial charge < -0.3 is 9.42 Å². The average Bonchev–Trinajstić information content (AvgIpc) is 2.93. The van der Waals surface area contributed by atoms with E-state index in [1.54, 1.807) is 18.7 Å². The molecule has 1 atom stereocenters. The second kappa shape index (κ2) is 8.46. The molecule has 0 spiro atoms. The Morgan fingerprint density at radius 3 is 2.83 bits per heavy atom. The number of hydrogen-bond acceptors (Lipinski definition) is 7. The minimum atomic E-state index is -0.0403. The SMILES string of the molecule is Cc1noc(C)c1-c1cc(C[C@@H]2CCCN(C(=O)c3cnccn3)CC2)ncn1. The molecule has 4 heterocycles. The van der Waals surface area contributed by atoms with Crippen LogP contribution in [0.25, 0.3) is 11.3 Å². The van der Waals surface area contributed by atoms with E-state index in [0.717, 1.165) is 67.2 Å². The first-order valence-electron chi connectivity index (χ1n) is 9.91. The normalized spacial score (nSPS) is 17.2. The lowest BCUT2D eigenvalue weighted by molar-refractivity contribution is 0.0753. The highest BCUT2D eigenvalue weighted by atomic mass is 16.5. The number of rotatable bonds is 4. The molecule has 1 saturated heterocycles. The highest BCUT2D eigenvalue weighted by Gasteiger charge is 2.23.